The largest absolute Gasteiger partial charge is 0.380 e. The van der Waals surface area contributed by atoms with Gasteiger partial charge in [0.05, 0.1) is 5.56 Å². The highest BCUT2D eigenvalue weighted by Gasteiger charge is 2.20. The molecule has 1 heterocycles. The third-order valence-electron chi connectivity index (χ3n) is 4.30. The number of aliphatic hydroxyl groups is 1. The van der Waals surface area contributed by atoms with Gasteiger partial charge in [0, 0.05) is 11.1 Å². The number of nitrogens with zero attached hydrogens (tertiary/aromatic N) is 2. The number of aromatic nitrogens is 2. The summed E-state index contributed by atoms with van der Waals surface area (Å²) in [6.45, 7) is 0. The molecule has 6 heteroatoms. The van der Waals surface area contributed by atoms with E-state index in [2.05, 4.69) is 10.1 Å². The number of carbonyl (C=O) groups is 1. The highest BCUT2D eigenvalue weighted by atomic mass is 19.1. The number of rotatable bonds is 5. The standard InChI is InChI=1S/C22H15FN2O3/c23-18-12-5-4-11-17(18)22-24-21(25-28-22)16-10-6-9-15(13-16)20(27)19(26)14-7-2-1-3-8-14/h1-13,19,26H. The molecule has 138 valence electrons. The fraction of sp³-hybridized carbons (Fsp3) is 0.0455. The normalized spacial score (nSPS) is 11.9. The third-order valence-corrected chi connectivity index (χ3v) is 4.30. The SMILES string of the molecule is O=C(c1cccc(-c2noc(-c3ccccc3F)n2)c1)C(O)c1ccccc1. The molecule has 0 saturated heterocycles. The minimum absolute atomic E-state index is 0.0501. The molecule has 0 amide bonds. The molecule has 4 aromatic rings. The molecule has 0 aliphatic heterocycles. The molecule has 0 spiro atoms. The van der Waals surface area contributed by atoms with Gasteiger partial charge in [0.25, 0.3) is 5.89 Å². The first-order valence-electron chi connectivity index (χ1n) is 8.60. The van der Waals surface area contributed by atoms with Crippen LogP contribution in [0.1, 0.15) is 22.0 Å². The minimum atomic E-state index is -1.27. The van der Waals surface area contributed by atoms with Gasteiger partial charge in [0.15, 0.2) is 5.78 Å². The van der Waals surface area contributed by atoms with Gasteiger partial charge in [-0.25, -0.2) is 4.39 Å². The van der Waals surface area contributed by atoms with Crippen LogP contribution in [-0.2, 0) is 0 Å². The zero-order valence-electron chi connectivity index (χ0n) is 14.6. The van der Waals surface area contributed by atoms with E-state index in [4.69, 9.17) is 4.52 Å². The Kier molecular flexibility index (Phi) is 4.78. The summed E-state index contributed by atoms with van der Waals surface area (Å²) in [6.07, 6.45) is -1.27. The van der Waals surface area contributed by atoms with E-state index in [1.807, 2.05) is 6.07 Å². The van der Waals surface area contributed by atoms with Crippen molar-refractivity contribution in [2.45, 2.75) is 6.10 Å². The number of carbonyl (C=O) groups excluding carboxylic acids is 1. The topological polar surface area (TPSA) is 76.2 Å². The van der Waals surface area contributed by atoms with Gasteiger partial charge in [-0.05, 0) is 23.8 Å². The van der Waals surface area contributed by atoms with Crippen molar-refractivity contribution in [1.82, 2.24) is 10.1 Å². The van der Waals surface area contributed by atoms with Gasteiger partial charge < -0.3 is 9.63 Å². The van der Waals surface area contributed by atoms with Gasteiger partial charge >= 0.3 is 0 Å². The number of benzene rings is 3. The zero-order valence-corrected chi connectivity index (χ0v) is 14.6. The van der Waals surface area contributed by atoms with Crippen molar-refractivity contribution in [1.29, 1.82) is 0 Å². The summed E-state index contributed by atoms with van der Waals surface area (Å²) >= 11 is 0. The Labute approximate surface area is 160 Å². The molecular weight excluding hydrogens is 359 g/mol. The summed E-state index contributed by atoms with van der Waals surface area (Å²) < 4.78 is 19.1. The Hall–Kier alpha value is -3.64. The number of hydrogen-bond donors (Lipinski definition) is 1. The molecule has 1 atom stereocenters. The van der Waals surface area contributed by atoms with Crippen molar-refractivity contribution in [2.75, 3.05) is 0 Å². The molecule has 4 rings (SSSR count). The summed E-state index contributed by atoms with van der Waals surface area (Å²) in [4.78, 5) is 16.9. The van der Waals surface area contributed by atoms with Gasteiger partial charge in [-0.3, -0.25) is 4.79 Å². The van der Waals surface area contributed by atoms with Crippen LogP contribution in [0.5, 0.6) is 0 Å². The number of Topliss-reactive ketones (excluding diaryl/α,β-unsaturated/α-hetero) is 1. The van der Waals surface area contributed by atoms with E-state index >= 15 is 0 Å². The van der Waals surface area contributed by atoms with E-state index in [0.29, 0.717) is 16.7 Å². The first-order valence-corrected chi connectivity index (χ1v) is 8.60. The van der Waals surface area contributed by atoms with Crippen LogP contribution in [0, 0.1) is 5.82 Å². The lowest BCUT2D eigenvalue weighted by atomic mass is 9.98. The van der Waals surface area contributed by atoms with Crippen LogP contribution in [0.3, 0.4) is 0 Å². The number of hydrogen-bond acceptors (Lipinski definition) is 5. The van der Waals surface area contributed by atoms with Crippen molar-refractivity contribution in [3.05, 3.63) is 95.8 Å². The van der Waals surface area contributed by atoms with Gasteiger partial charge in [-0.2, -0.15) is 4.98 Å². The molecule has 3 aromatic carbocycles. The van der Waals surface area contributed by atoms with Crippen LogP contribution in [0.2, 0.25) is 0 Å². The molecule has 1 N–H and O–H groups in total. The monoisotopic (exact) mass is 374 g/mol. The van der Waals surface area contributed by atoms with Gasteiger partial charge in [0.1, 0.15) is 11.9 Å². The summed E-state index contributed by atoms with van der Waals surface area (Å²) in [5.74, 6) is -0.630. The van der Waals surface area contributed by atoms with Gasteiger partial charge in [-0.1, -0.05) is 65.8 Å². The van der Waals surface area contributed by atoms with E-state index in [-0.39, 0.29) is 17.3 Å². The van der Waals surface area contributed by atoms with Crippen molar-refractivity contribution >= 4 is 5.78 Å². The van der Waals surface area contributed by atoms with Gasteiger partial charge in [-0.15, -0.1) is 0 Å². The Bertz CT molecular complexity index is 1130. The van der Waals surface area contributed by atoms with Crippen molar-refractivity contribution < 1.29 is 18.8 Å². The van der Waals surface area contributed by atoms with Crippen molar-refractivity contribution in [2.24, 2.45) is 0 Å². The molecule has 5 nitrogen and oxygen atoms in total. The summed E-state index contributed by atoms with van der Waals surface area (Å²) in [5, 5.41) is 14.2. The molecule has 0 saturated carbocycles. The number of halogens is 1. The van der Waals surface area contributed by atoms with E-state index in [0.717, 1.165) is 0 Å². The van der Waals surface area contributed by atoms with E-state index in [9.17, 15) is 14.3 Å². The molecule has 1 aromatic heterocycles. The molecule has 28 heavy (non-hydrogen) atoms. The van der Waals surface area contributed by atoms with Crippen molar-refractivity contribution in [3.8, 4) is 22.8 Å². The maximum absolute atomic E-state index is 13.9. The second kappa shape index (κ2) is 7.54. The summed E-state index contributed by atoms with van der Waals surface area (Å²) in [7, 11) is 0. The van der Waals surface area contributed by atoms with Crippen LogP contribution >= 0.6 is 0 Å². The zero-order chi connectivity index (χ0) is 19.5. The minimum Gasteiger partial charge on any atom is -0.380 e. The fourth-order valence-corrected chi connectivity index (χ4v) is 2.84. The first-order chi connectivity index (χ1) is 13.6. The molecular formula is C22H15FN2O3. The lowest BCUT2D eigenvalue weighted by Crippen LogP contribution is -2.12. The number of ketones is 1. The van der Waals surface area contributed by atoms with Gasteiger partial charge in [0.2, 0.25) is 5.82 Å². The van der Waals surface area contributed by atoms with Crippen LogP contribution in [0.15, 0.2) is 83.4 Å². The summed E-state index contributed by atoms with van der Waals surface area (Å²) in [5.41, 5.74) is 1.55. The second-order valence-electron chi connectivity index (χ2n) is 6.16. The molecule has 0 radical (unpaired) electrons. The Morgan fingerprint density at radius 2 is 1.71 bits per heavy atom. The highest BCUT2D eigenvalue weighted by Crippen LogP contribution is 2.26. The van der Waals surface area contributed by atoms with Crippen LogP contribution in [0.4, 0.5) is 4.39 Å². The number of aliphatic hydroxyl groups excluding tert-OH is 1. The average molecular weight is 374 g/mol. The third kappa shape index (κ3) is 3.45. The predicted octanol–water partition coefficient (Wildman–Crippen LogP) is 4.46. The molecule has 1 unspecified atom stereocenters. The molecule has 0 bridgehead atoms. The smallest absolute Gasteiger partial charge is 0.261 e. The average Bonchev–Trinajstić information content (AvgIpc) is 3.24. The van der Waals surface area contributed by atoms with Crippen molar-refractivity contribution in [3.63, 3.8) is 0 Å². The Morgan fingerprint density at radius 3 is 2.50 bits per heavy atom. The molecule has 0 fully saturated rings. The van der Waals surface area contributed by atoms with Crippen LogP contribution in [0.25, 0.3) is 22.8 Å². The van der Waals surface area contributed by atoms with E-state index < -0.39 is 17.7 Å². The quantitative estimate of drug-likeness (QED) is 0.522. The summed E-state index contributed by atoms with van der Waals surface area (Å²) in [6, 6.07) is 21.4. The first kappa shape index (κ1) is 17.8. The van der Waals surface area contributed by atoms with Crippen LogP contribution in [-0.4, -0.2) is 21.0 Å². The maximum atomic E-state index is 13.9. The maximum Gasteiger partial charge on any atom is 0.261 e. The highest BCUT2D eigenvalue weighted by molar-refractivity contribution is 6.00. The second-order valence-corrected chi connectivity index (χ2v) is 6.16. The molecule has 0 aliphatic rings. The fourth-order valence-electron chi connectivity index (χ4n) is 2.84. The Morgan fingerprint density at radius 1 is 0.964 bits per heavy atom. The predicted molar refractivity (Wildman–Crippen MR) is 101 cm³/mol. The van der Waals surface area contributed by atoms with E-state index in [1.54, 1.807) is 66.7 Å². The lowest BCUT2D eigenvalue weighted by molar-refractivity contribution is 0.0747. The van der Waals surface area contributed by atoms with E-state index in [1.165, 1.54) is 6.07 Å². The Balaban J connectivity index is 1.63. The lowest BCUT2D eigenvalue weighted by Gasteiger charge is -2.10. The van der Waals surface area contributed by atoms with Crippen LogP contribution < -0.4 is 0 Å². The molecule has 0 aliphatic carbocycles.